The molecule has 0 radical (unpaired) electrons. The van der Waals surface area contributed by atoms with E-state index in [0.29, 0.717) is 0 Å². The van der Waals surface area contributed by atoms with Gasteiger partial charge in [-0.05, 0) is 122 Å². The molecule has 5 nitrogen and oxygen atoms in total. The molecule has 7 aromatic rings. The van der Waals surface area contributed by atoms with Crippen molar-refractivity contribution in [3.63, 3.8) is 0 Å². The fraction of sp³-hybridized carbons (Fsp3) is 0.130. The molecule has 1 aromatic heterocycles. The average molecular weight is 772 g/mol. The summed E-state index contributed by atoms with van der Waals surface area (Å²) in [6.45, 7) is 4.00. The summed E-state index contributed by atoms with van der Waals surface area (Å²) in [4.78, 5) is 5.27. The molecule has 294 valence electrons. The summed E-state index contributed by atoms with van der Waals surface area (Å²) in [5, 5.41) is 13.2. The predicted molar refractivity (Wildman–Crippen MR) is 256 cm³/mol. The largest absolute Gasteiger partial charge is 0.391 e. The zero-order valence-corrected chi connectivity index (χ0v) is 34.9. The van der Waals surface area contributed by atoms with Crippen molar-refractivity contribution in [3.05, 3.63) is 187 Å². The predicted octanol–water partition coefficient (Wildman–Crippen LogP) is 13.7. The number of pyridine rings is 1. The van der Waals surface area contributed by atoms with Crippen LogP contribution in [0.1, 0.15) is 25.8 Å². The molecule has 1 aliphatic carbocycles. The molecule has 0 unspecified atom stereocenters. The lowest BCUT2D eigenvalue weighted by atomic mass is 9.95. The summed E-state index contributed by atoms with van der Waals surface area (Å²) in [7, 11) is 7.86. The van der Waals surface area contributed by atoms with E-state index in [2.05, 4.69) is 197 Å². The maximum Gasteiger partial charge on any atom is 0.0715 e. The number of hydrogen-bond acceptors (Lipinski definition) is 5. The van der Waals surface area contributed by atoms with Gasteiger partial charge in [0.25, 0.3) is 0 Å². The van der Waals surface area contributed by atoms with Crippen LogP contribution < -0.4 is 21.3 Å². The molecule has 5 heteroatoms. The number of nitrogens with zero attached hydrogens (tertiary/aromatic N) is 1. The minimum Gasteiger partial charge on any atom is -0.391 e. The van der Waals surface area contributed by atoms with Crippen LogP contribution in [-0.2, 0) is 0 Å². The third-order valence-corrected chi connectivity index (χ3v) is 10.7. The standard InChI is InChI=1S/C52H47N5.C2H6/c1-53-47-12-8-11-36(21-24-47)42-27-43(30-49(29-42)55-3)37-13-17-40(18-14-37)51-33-46(35-9-6-5-7-10-35)34-52(57-51)41-19-15-38(16-20-41)44-28-45(32-50(31-44)56-4)39-22-25-48(54-2)26-23-39;1-2/h5-11,13-34,53-56H,12H2,1-4H3;1-2H3. The first-order valence-corrected chi connectivity index (χ1v) is 20.5. The summed E-state index contributed by atoms with van der Waals surface area (Å²) in [6.07, 6.45) is 9.67. The van der Waals surface area contributed by atoms with E-state index < -0.39 is 0 Å². The smallest absolute Gasteiger partial charge is 0.0715 e. The summed E-state index contributed by atoms with van der Waals surface area (Å²) in [5.74, 6) is 0. The zero-order valence-electron chi connectivity index (χ0n) is 34.9. The van der Waals surface area contributed by atoms with Gasteiger partial charge in [-0.25, -0.2) is 4.98 Å². The minimum atomic E-state index is 0.892. The molecule has 0 bridgehead atoms. The summed E-state index contributed by atoms with van der Waals surface area (Å²) in [6, 6.07) is 54.4. The van der Waals surface area contributed by atoms with Crippen LogP contribution in [0.2, 0.25) is 0 Å². The monoisotopic (exact) mass is 771 g/mol. The molecular weight excluding hydrogens is 719 g/mol. The van der Waals surface area contributed by atoms with Gasteiger partial charge in [0.1, 0.15) is 0 Å². The normalized spacial score (nSPS) is 12.0. The van der Waals surface area contributed by atoms with Crippen LogP contribution in [0.3, 0.4) is 0 Å². The van der Waals surface area contributed by atoms with Crippen LogP contribution in [0.25, 0.3) is 72.6 Å². The molecule has 8 rings (SSSR count). The quantitative estimate of drug-likeness (QED) is 0.106. The van der Waals surface area contributed by atoms with Crippen molar-refractivity contribution < 1.29 is 0 Å². The average Bonchev–Trinajstić information content (AvgIpc) is 3.58. The fourth-order valence-corrected chi connectivity index (χ4v) is 7.34. The first-order chi connectivity index (χ1) is 29.0. The Morgan fingerprint density at radius 2 is 0.797 bits per heavy atom. The molecule has 1 aliphatic rings. The summed E-state index contributed by atoms with van der Waals surface area (Å²) >= 11 is 0. The van der Waals surface area contributed by atoms with E-state index in [9.17, 15) is 0 Å². The molecular formula is C54H53N5. The van der Waals surface area contributed by atoms with Gasteiger partial charge in [-0.1, -0.05) is 123 Å². The lowest BCUT2D eigenvalue weighted by Gasteiger charge is -2.13. The Kier molecular flexibility index (Phi) is 12.8. The van der Waals surface area contributed by atoms with E-state index in [1.165, 1.54) is 28.0 Å². The first-order valence-electron chi connectivity index (χ1n) is 20.5. The van der Waals surface area contributed by atoms with Crippen molar-refractivity contribution in [1.82, 2.24) is 10.3 Å². The lowest BCUT2D eigenvalue weighted by molar-refractivity contribution is 0.941. The number of allylic oxidation sites excluding steroid dienone is 5. The van der Waals surface area contributed by atoms with Gasteiger partial charge in [-0.2, -0.15) is 0 Å². The van der Waals surface area contributed by atoms with Crippen LogP contribution in [0.4, 0.5) is 17.1 Å². The third kappa shape index (κ3) is 9.38. The van der Waals surface area contributed by atoms with E-state index in [1.54, 1.807) is 0 Å². The topological polar surface area (TPSA) is 61.0 Å². The third-order valence-electron chi connectivity index (χ3n) is 10.7. The maximum atomic E-state index is 5.27. The van der Waals surface area contributed by atoms with Gasteiger partial charge in [0.2, 0.25) is 0 Å². The molecule has 1 heterocycles. The number of hydrogen-bond donors (Lipinski definition) is 4. The summed E-state index contributed by atoms with van der Waals surface area (Å²) < 4.78 is 0. The maximum absolute atomic E-state index is 5.27. The van der Waals surface area contributed by atoms with Gasteiger partial charge in [0, 0.05) is 68.5 Å². The van der Waals surface area contributed by atoms with Gasteiger partial charge in [-0.15, -0.1) is 0 Å². The SMILES string of the molecule is CC.CNC1=CC=C(c2cc(NC)cc(-c3ccc(-c4cc(-c5ccccc5)cc(-c5ccc(-c6cc(NC)cc(-c7ccc(NC)cc7)c6)cc5)n4)cc3)c2)C=CC1. The second-order valence-corrected chi connectivity index (χ2v) is 14.2. The zero-order chi connectivity index (χ0) is 41.1. The van der Waals surface area contributed by atoms with E-state index in [-0.39, 0.29) is 0 Å². The second-order valence-electron chi connectivity index (χ2n) is 14.2. The number of benzene rings is 6. The van der Waals surface area contributed by atoms with Crippen molar-refractivity contribution in [1.29, 1.82) is 0 Å². The van der Waals surface area contributed by atoms with Crippen molar-refractivity contribution in [3.8, 4) is 67.0 Å². The number of nitrogens with one attached hydrogen (secondary N) is 4. The van der Waals surface area contributed by atoms with E-state index in [0.717, 1.165) is 79.4 Å². The molecule has 0 fully saturated rings. The van der Waals surface area contributed by atoms with Crippen LogP contribution in [0.15, 0.2) is 182 Å². The Labute approximate surface area is 350 Å². The highest BCUT2D eigenvalue weighted by molar-refractivity contribution is 5.84. The Hall–Kier alpha value is -7.11. The van der Waals surface area contributed by atoms with Crippen LogP contribution in [-0.4, -0.2) is 33.2 Å². The molecule has 0 amide bonds. The summed E-state index contributed by atoms with van der Waals surface area (Å²) in [5.41, 5.74) is 20.0. The molecule has 4 N–H and O–H groups in total. The Morgan fingerprint density at radius 3 is 1.29 bits per heavy atom. The van der Waals surface area contributed by atoms with E-state index in [1.807, 2.05) is 42.0 Å². The molecule has 6 aromatic carbocycles. The number of aromatic nitrogens is 1. The van der Waals surface area contributed by atoms with Crippen molar-refractivity contribution in [2.45, 2.75) is 20.3 Å². The van der Waals surface area contributed by atoms with Gasteiger partial charge in [0.05, 0.1) is 11.4 Å². The Bertz CT molecular complexity index is 2600. The lowest BCUT2D eigenvalue weighted by Crippen LogP contribution is -2.03. The van der Waals surface area contributed by atoms with Crippen molar-refractivity contribution >= 4 is 22.6 Å². The van der Waals surface area contributed by atoms with Crippen LogP contribution >= 0.6 is 0 Å². The van der Waals surface area contributed by atoms with Crippen molar-refractivity contribution in [2.75, 3.05) is 44.1 Å². The molecule has 0 aliphatic heterocycles. The highest BCUT2D eigenvalue weighted by Gasteiger charge is 2.13. The highest BCUT2D eigenvalue weighted by Crippen LogP contribution is 2.36. The fourth-order valence-electron chi connectivity index (χ4n) is 7.34. The Balaban J connectivity index is 0.00000260. The minimum absolute atomic E-state index is 0.892. The van der Waals surface area contributed by atoms with Crippen LogP contribution in [0, 0.1) is 0 Å². The number of rotatable bonds is 11. The van der Waals surface area contributed by atoms with E-state index in [4.69, 9.17) is 4.98 Å². The van der Waals surface area contributed by atoms with Gasteiger partial charge < -0.3 is 21.3 Å². The molecule has 0 atom stereocenters. The molecule has 0 spiro atoms. The molecule has 0 saturated heterocycles. The van der Waals surface area contributed by atoms with Gasteiger partial charge in [0.15, 0.2) is 0 Å². The first kappa shape index (κ1) is 40.1. The van der Waals surface area contributed by atoms with Gasteiger partial charge in [-0.3, -0.25) is 0 Å². The highest BCUT2D eigenvalue weighted by atomic mass is 14.8. The number of anilines is 3. The van der Waals surface area contributed by atoms with Gasteiger partial charge >= 0.3 is 0 Å². The molecule has 59 heavy (non-hydrogen) atoms. The Morgan fingerprint density at radius 1 is 0.373 bits per heavy atom. The van der Waals surface area contributed by atoms with E-state index >= 15 is 0 Å². The second kappa shape index (κ2) is 18.9. The molecule has 0 saturated carbocycles. The van der Waals surface area contributed by atoms with Crippen molar-refractivity contribution in [2.24, 2.45) is 0 Å². The van der Waals surface area contributed by atoms with Crippen LogP contribution in [0.5, 0.6) is 0 Å².